The van der Waals surface area contributed by atoms with E-state index < -0.39 is 0 Å². The van der Waals surface area contributed by atoms with E-state index in [9.17, 15) is 4.79 Å². The molecule has 1 aromatic heterocycles. The molecule has 0 radical (unpaired) electrons. The van der Waals surface area contributed by atoms with Crippen LogP contribution in [0.3, 0.4) is 0 Å². The zero-order valence-corrected chi connectivity index (χ0v) is 17.0. The highest BCUT2D eigenvalue weighted by atomic mass is 35.5. The smallest absolute Gasteiger partial charge is 0.230 e. The molecule has 1 heterocycles. The van der Waals surface area contributed by atoms with E-state index in [1.54, 1.807) is 6.07 Å². The van der Waals surface area contributed by atoms with Crippen LogP contribution in [-0.4, -0.2) is 16.6 Å². The third-order valence-corrected chi connectivity index (χ3v) is 5.40. The van der Waals surface area contributed by atoms with Crippen LogP contribution in [0.15, 0.2) is 52.9 Å². The second-order valence-corrected chi connectivity index (χ2v) is 7.73. The molecular weight excluding hydrogens is 403 g/mol. The van der Waals surface area contributed by atoms with Gasteiger partial charge in [-0.15, -0.1) is 11.8 Å². The van der Waals surface area contributed by atoms with Crippen molar-refractivity contribution in [3.05, 3.63) is 75.6 Å². The van der Waals surface area contributed by atoms with E-state index in [0.29, 0.717) is 34.0 Å². The fourth-order valence-corrected chi connectivity index (χ4v) is 3.60. The molecule has 0 atom stereocenters. The number of oxazole rings is 1. The highest BCUT2D eigenvalue weighted by Gasteiger charge is 2.14. The lowest BCUT2D eigenvalue weighted by molar-refractivity contribution is -0.118. The SMILES string of the molecule is Cc1oc(-c2ccccc2Cl)nc1CSCC(=O)NCc1ccc(Cl)cc1. The number of rotatable bonds is 7. The number of benzene rings is 2. The van der Waals surface area contributed by atoms with E-state index in [4.69, 9.17) is 27.6 Å². The summed E-state index contributed by atoms with van der Waals surface area (Å²) in [6.07, 6.45) is 0. The van der Waals surface area contributed by atoms with E-state index >= 15 is 0 Å². The maximum atomic E-state index is 12.0. The number of aryl methyl sites for hydroxylation is 1. The molecule has 0 bridgehead atoms. The summed E-state index contributed by atoms with van der Waals surface area (Å²) in [4.78, 5) is 16.5. The van der Waals surface area contributed by atoms with Gasteiger partial charge in [0.1, 0.15) is 5.76 Å². The summed E-state index contributed by atoms with van der Waals surface area (Å²) in [5.74, 6) is 2.15. The number of carbonyl (C=O) groups is 1. The van der Waals surface area contributed by atoms with E-state index in [1.807, 2.05) is 49.4 Å². The van der Waals surface area contributed by atoms with Gasteiger partial charge in [0.05, 0.1) is 22.0 Å². The predicted octanol–water partition coefficient (Wildman–Crippen LogP) is 5.51. The Morgan fingerprint density at radius 3 is 2.63 bits per heavy atom. The highest BCUT2D eigenvalue weighted by Crippen LogP contribution is 2.29. The maximum absolute atomic E-state index is 12.0. The molecule has 7 heteroatoms. The Morgan fingerprint density at radius 2 is 1.89 bits per heavy atom. The van der Waals surface area contributed by atoms with Crippen LogP contribution in [0.5, 0.6) is 0 Å². The summed E-state index contributed by atoms with van der Waals surface area (Å²) < 4.78 is 5.73. The minimum absolute atomic E-state index is 0.0255. The van der Waals surface area contributed by atoms with Crippen molar-refractivity contribution in [3.8, 4) is 11.5 Å². The van der Waals surface area contributed by atoms with Crippen molar-refractivity contribution in [2.45, 2.75) is 19.2 Å². The van der Waals surface area contributed by atoms with Gasteiger partial charge >= 0.3 is 0 Å². The predicted molar refractivity (Wildman–Crippen MR) is 111 cm³/mol. The van der Waals surface area contributed by atoms with Gasteiger partial charge < -0.3 is 9.73 Å². The van der Waals surface area contributed by atoms with Crippen LogP contribution < -0.4 is 5.32 Å². The third kappa shape index (κ3) is 5.51. The summed E-state index contributed by atoms with van der Waals surface area (Å²) in [5, 5.41) is 4.17. The van der Waals surface area contributed by atoms with Crippen LogP contribution in [0.1, 0.15) is 17.0 Å². The van der Waals surface area contributed by atoms with Gasteiger partial charge in [-0.25, -0.2) is 4.98 Å². The van der Waals surface area contributed by atoms with Crippen molar-refractivity contribution in [1.82, 2.24) is 10.3 Å². The summed E-state index contributed by atoms with van der Waals surface area (Å²) >= 11 is 13.5. The molecular formula is C20H18Cl2N2O2S. The summed E-state index contributed by atoms with van der Waals surface area (Å²) in [7, 11) is 0. The minimum atomic E-state index is -0.0255. The van der Waals surface area contributed by atoms with Crippen molar-refractivity contribution in [2.24, 2.45) is 0 Å². The van der Waals surface area contributed by atoms with E-state index in [0.717, 1.165) is 22.6 Å². The molecule has 4 nitrogen and oxygen atoms in total. The Hall–Kier alpha value is -1.95. The molecule has 1 amide bonds. The van der Waals surface area contributed by atoms with Gasteiger partial charge in [0.15, 0.2) is 0 Å². The molecule has 27 heavy (non-hydrogen) atoms. The van der Waals surface area contributed by atoms with Crippen LogP contribution in [0.2, 0.25) is 10.0 Å². The average Bonchev–Trinajstić information content (AvgIpc) is 3.02. The number of amides is 1. The van der Waals surface area contributed by atoms with Crippen molar-refractivity contribution >= 4 is 40.9 Å². The normalized spacial score (nSPS) is 10.8. The molecule has 3 aromatic rings. The van der Waals surface area contributed by atoms with E-state index in [-0.39, 0.29) is 5.91 Å². The van der Waals surface area contributed by atoms with Gasteiger partial charge in [-0.2, -0.15) is 0 Å². The van der Waals surface area contributed by atoms with Crippen LogP contribution in [0, 0.1) is 6.92 Å². The molecule has 0 saturated heterocycles. The Kier molecular flexibility index (Phi) is 6.83. The topological polar surface area (TPSA) is 55.1 Å². The molecule has 1 N–H and O–H groups in total. The van der Waals surface area contributed by atoms with Crippen molar-refractivity contribution in [1.29, 1.82) is 0 Å². The molecule has 0 aliphatic rings. The van der Waals surface area contributed by atoms with Gasteiger partial charge in [-0.05, 0) is 36.8 Å². The van der Waals surface area contributed by atoms with E-state index in [2.05, 4.69) is 10.3 Å². The minimum Gasteiger partial charge on any atom is -0.441 e. The van der Waals surface area contributed by atoms with Crippen molar-refractivity contribution < 1.29 is 9.21 Å². The fourth-order valence-electron chi connectivity index (χ4n) is 2.41. The number of carbonyl (C=O) groups excluding carboxylic acids is 1. The molecule has 0 aliphatic heterocycles. The van der Waals surface area contributed by atoms with Gasteiger partial charge in [0.2, 0.25) is 11.8 Å². The van der Waals surface area contributed by atoms with Gasteiger partial charge in [-0.3, -0.25) is 4.79 Å². The first kappa shape index (κ1) is 19.8. The Bertz CT molecular complexity index is 926. The van der Waals surface area contributed by atoms with E-state index in [1.165, 1.54) is 11.8 Å². The third-order valence-electron chi connectivity index (χ3n) is 3.87. The molecule has 0 aliphatic carbocycles. The first-order chi connectivity index (χ1) is 13.0. The second kappa shape index (κ2) is 9.31. The number of nitrogens with zero attached hydrogens (tertiary/aromatic N) is 1. The standard InChI is InChI=1S/C20H18Cl2N2O2S/c1-13-18(24-20(26-13)16-4-2-3-5-17(16)22)11-27-12-19(25)23-10-14-6-8-15(21)9-7-14/h2-9H,10-12H2,1H3,(H,23,25). The average molecular weight is 421 g/mol. The monoisotopic (exact) mass is 420 g/mol. The first-order valence-corrected chi connectivity index (χ1v) is 10.2. The largest absolute Gasteiger partial charge is 0.441 e. The van der Waals surface area contributed by atoms with Crippen molar-refractivity contribution in [2.75, 3.05) is 5.75 Å². The summed E-state index contributed by atoms with van der Waals surface area (Å²) in [5.41, 5.74) is 2.59. The summed E-state index contributed by atoms with van der Waals surface area (Å²) in [6, 6.07) is 14.8. The lowest BCUT2D eigenvalue weighted by Gasteiger charge is -2.05. The molecule has 0 unspecified atom stereocenters. The Labute approximate surface area is 172 Å². The second-order valence-electron chi connectivity index (χ2n) is 5.90. The zero-order chi connectivity index (χ0) is 19.2. The number of halogens is 2. The van der Waals surface area contributed by atoms with Crippen LogP contribution in [-0.2, 0) is 17.1 Å². The quantitative estimate of drug-likeness (QED) is 0.547. The lowest BCUT2D eigenvalue weighted by Crippen LogP contribution is -2.24. The molecule has 3 rings (SSSR count). The molecule has 0 saturated carbocycles. The van der Waals surface area contributed by atoms with Crippen LogP contribution in [0.4, 0.5) is 0 Å². The summed E-state index contributed by atoms with van der Waals surface area (Å²) in [6.45, 7) is 2.35. The Morgan fingerprint density at radius 1 is 1.15 bits per heavy atom. The number of nitrogens with one attached hydrogen (secondary N) is 1. The number of hydrogen-bond acceptors (Lipinski definition) is 4. The number of aromatic nitrogens is 1. The number of thioether (sulfide) groups is 1. The highest BCUT2D eigenvalue weighted by molar-refractivity contribution is 7.99. The maximum Gasteiger partial charge on any atom is 0.230 e. The lowest BCUT2D eigenvalue weighted by atomic mass is 10.2. The van der Waals surface area contributed by atoms with Gasteiger partial charge in [-0.1, -0.05) is 47.5 Å². The van der Waals surface area contributed by atoms with Crippen LogP contribution >= 0.6 is 35.0 Å². The molecule has 0 fully saturated rings. The van der Waals surface area contributed by atoms with Crippen LogP contribution in [0.25, 0.3) is 11.5 Å². The van der Waals surface area contributed by atoms with Gasteiger partial charge in [0.25, 0.3) is 0 Å². The first-order valence-electron chi connectivity index (χ1n) is 8.33. The Balaban J connectivity index is 1.49. The zero-order valence-electron chi connectivity index (χ0n) is 14.7. The molecule has 2 aromatic carbocycles. The molecule has 140 valence electrons. The fraction of sp³-hybridized carbons (Fsp3) is 0.200. The number of hydrogen-bond donors (Lipinski definition) is 1. The van der Waals surface area contributed by atoms with Crippen molar-refractivity contribution in [3.63, 3.8) is 0 Å². The molecule has 0 spiro atoms. The van der Waals surface area contributed by atoms with Gasteiger partial charge in [0, 0.05) is 17.3 Å².